The Balaban J connectivity index is 1.92. The summed E-state index contributed by atoms with van der Waals surface area (Å²) >= 11 is 0. The zero-order valence-corrected chi connectivity index (χ0v) is 14.5. The van der Waals surface area contributed by atoms with E-state index in [0.29, 0.717) is 19.6 Å². The van der Waals surface area contributed by atoms with Gasteiger partial charge in [-0.05, 0) is 50.3 Å². The van der Waals surface area contributed by atoms with E-state index in [-0.39, 0.29) is 11.3 Å². The summed E-state index contributed by atoms with van der Waals surface area (Å²) in [5.74, 6) is -1.14. The first-order chi connectivity index (χ1) is 11.5. The minimum atomic E-state index is -0.798. The predicted molar refractivity (Wildman–Crippen MR) is 93.0 cm³/mol. The predicted octanol–water partition coefficient (Wildman–Crippen LogP) is 3.49. The van der Waals surface area contributed by atoms with Crippen LogP contribution in [0.15, 0.2) is 24.3 Å². The zero-order valence-electron chi connectivity index (χ0n) is 14.5. The first kappa shape index (κ1) is 18.5. The Morgan fingerprint density at radius 1 is 1.29 bits per heavy atom. The molecule has 1 aliphatic rings. The number of nitrogens with one attached hydrogen (secondary N) is 1. The molecule has 0 radical (unpaired) electrons. The molecule has 2 N–H and O–H groups in total. The second-order valence-corrected chi connectivity index (χ2v) is 6.68. The minimum absolute atomic E-state index is 0.0695. The molecule has 0 heterocycles. The molecule has 1 aromatic carbocycles. The van der Waals surface area contributed by atoms with Crippen LogP contribution in [0.25, 0.3) is 0 Å². The highest BCUT2D eigenvalue weighted by atomic mass is 16.5. The van der Waals surface area contributed by atoms with E-state index in [9.17, 15) is 9.59 Å². The molecule has 0 aromatic heterocycles. The number of aliphatic carboxylic acids is 1. The highest BCUT2D eigenvalue weighted by Crippen LogP contribution is 2.44. The third-order valence-electron chi connectivity index (χ3n) is 4.90. The third kappa shape index (κ3) is 4.57. The van der Waals surface area contributed by atoms with Crippen molar-refractivity contribution in [2.75, 3.05) is 18.5 Å². The fourth-order valence-corrected chi connectivity index (χ4v) is 3.03. The molecule has 0 bridgehead atoms. The van der Waals surface area contributed by atoms with Crippen LogP contribution in [0.5, 0.6) is 0 Å². The number of anilines is 1. The maximum absolute atomic E-state index is 12.6. The van der Waals surface area contributed by atoms with E-state index in [0.717, 1.165) is 36.9 Å². The minimum Gasteiger partial charge on any atom is -0.481 e. The molecular formula is C19H27NO4. The lowest BCUT2D eigenvalue weighted by Crippen LogP contribution is -2.42. The summed E-state index contributed by atoms with van der Waals surface area (Å²) < 4.78 is 5.41. The van der Waals surface area contributed by atoms with Gasteiger partial charge < -0.3 is 15.2 Å². The second kappa shape index (κ2) is 8.29. The van der Waals surface area contributed by atoms with Crippen LogP contribution in [0.4, 0.5) is 5.69 Å². The summed E-state index contributed by atoms with van der Waals surface area (Å²) in [7, 11) is 0. The van der Waals surface area contributed by atoms with Gasteiger partial charge in [-0.3, -0.25) is 9.59 Å². The standard InChI is InChI=1S/C19H27NO4/c1-3-24-12-11-19(9-4-10-19)18(23)20-16-7-5-15(6-8-16)13-14(2)17(21)22/h5-8,14H,3-4,9-13H2,1-2H3,(H,20,23)(H,21,22). The molecular weight excluding hydrogens is 306 g/mol. The van der Waals surface area contributed by atoms with Gasteiger partial charge in [0.15, 0.2) is 0 Å². The summed E-state index contributed by atoms with van der Waals surface area (Å²) in [5, 5.41) is 12.0. The Kier molecular flexibility index (Phi) is 6.37. The fourth-order valence-electron chi connectivity index (χ4n) is 3.03. The van der Waals surface area contributed by atoms with Crippen LogP contribution in [-0.2, 0) is 20.7 Å². The Morgan fingerprint density at radius 3 is 2.46 bits per heavy atom. The summed E-state index contributed by atoms with van der Waals surface area (Å²) in [5.41, 5.74) is 1.43. The number of carbonyl (C=O) groups excluding carboxylic acids is 1. The van der Waals surface area contributed by atoms with Gasteiger partial charge in [-0.25, -0.2) is 0 Å². The second-order valence-electron chi connectivity index (χ2n) is 6.68. The smallest absolute Gasteiger partial charge is 0.306 e. The molecule has 132 valence electrons. The van der Waals surface area contributed by atoms with Crippen LogP contribution < -0.4 is 5.32 Å². The van der Waals surface area contributed by atoms with Gasteiger partial charge in [0.2, 0.25) is 5.91 Å². The maximum atomic E-state index is 12.6. The summed E-state index contributed by atoms with van der Waals surface area (Å²) in [4.78, 5) is 23.5. The Hall–Kier alpha value is -1.88. The number of carbonyl (C=O) groups is 2. The molecule has 1 aromatic rings. The SMILES string of the molecule is CCOCCC1(C(=O)Nc2ccc(CC(C)C(=O)O)cc2)CCC1. The highest BCUT2D eigenvalue weighted by molar-refractivity contribution is 5.95. The molecule has 2 rings (SSSR count). The molecule has 0 aliphatic heterocycles. The lowest BCUT2D eigenvalue weighted by atomic mass is 9.66. The zero-order chi connectivity index (χ0) is 17.6. The largest absolute Gasteiger partial charge is 0.481 e. The fraction of sp³-hybridized carbons (Fsp3) is 0.579. The molecule has 24 heavy (non-hydrogen) atoms. The van der Waals surface area contributed by atoms with E-state index >= 15 is 0 Å². The average molecular weight is 333 g/mol. The average Bonchev–Trinajstić information content (AvgIpc) is 2.51. The van der Waals surface area contributed by atoms with Crippen LogP contribution in [0, 0.1) is 11.3 Å². The van der Waals surface area contributed by atoms with Crippen LogP contribution >= 0.6 is 0 Å². The molecule has 0 saturated heterocycles. The van der Waals surface area contributed by atoms with Crippen molar-refractivity contribution in [2.45, 2.75) is 46.0 Å². The topological polar surface area (TPSA) is 75.6 Å². The van der Waals surface area contributed by atoms with Gasteiger partial charge in [-0.1, -0.05) is 25.5 Å². The summed E-state index contributed by atoms with van der Waals surface area (Å²) in [6.45, 7) is 4.95. The lowest BCUT2D eigenvalue weighted by Gasteiger charge is -2.40. The molecule has 1 amide bonds. The number of rotatable bonds is 9. The van der Waals surface area contributed by atoms with Crippen molar-refractivity contribution in [3.63, 3.8) is 0 Å². The van der Waals surface area contributed by atoms with Gasteiger partial charge in [0.25, 0.3) is 0 Å². The normalized spacial score (nSPS) is 16.9. The molecule has 1 fully saturated rings. The van der Waals surface area contributed by atoms with Crippen molar-refractivity contribution < 1.29 is 19.4 Å². The molecule has 5 heteroatoms. The Bertz CT molecular complexity index is 563. The quantitative estimate of drug-likeness (QED) is 0.678. The van der Waals surface area contributed by atoms with E-state index in [2.05, 4.69) is 5.32 Å². The number of amides is 1. The van der Waals surface area contributed by atoms with Crippen molar-refractivity contribution in [1.82, 2.24) is 0 Å². The summed E-state index contributed by atoms with van der Waals surface area (Å²) in [6.07, 6.45) is 4.18. The van der Waals surface area contributed by atoms with Crippen LogP contribution in [0.1, 0.15) is 45.1 Å². The van der Waals surface area contributed by atoms with Crippen molar-refractivity contribution in [1.29, 1.82) is 0 Å². The number of hydrogen-bond acceptors (Lipinski definition) is 3. The van der Waals surface area contributed by atoms with Gasteiger partial charge in [-0.15, -0.1) is 0 Å². The number of ether oxygens (including phenoxy) is 1. The van der Waals surface area contributed by atoms with Gasteiger partial charge in [0.05, 0.1) is 11.3 Å². The van der Waals surface area contributed by atoms with E-state index in [1.807, 2.05) is 31.2 Å². The van der Waals surface area contributed by atoms with Crippen molar-refractivity contribution in [3.8, 4) is 0 Å². The van der Waals surface area contributed by atoms with Crippen LogP contribution in [-0.4, -0.2) is 30.2 Å². The van der Waals surface area contributed by atoms with Crippen LogP contribution in [0.2, 0.25) is 0 Å². The monoisotopic (exact) mass is 333 g/mol. The van der Waals surface area contributed by atoms with Crippen molar-refractivity contribution in [3.05, 3.63) is 29.8 Å². The van der Waals surface area contributed by atoms with Gasteiger partial charge in [-0.2, -0.15) is 0 Å². The number of carboxylic acids is 1. The van der Waals surface area contributed by atoms with Gasteiger partial charge >= 0.3 is 5.97 Å². The molecule has 5 nitrogen and oxygen atoms in total. The van der Waals surface area contributed by atoms with Crippen molar-refractivity contribution >= 4 is 17.6 Å². The molecule has 1 unspecified atom stereocenters. The van der Waals surface area contributed by atoms with Gasteiger partial charge in [0.1, 0.15) is 0 Å². The first-order valence-electron chi connectivity index (χ1n) is 8.68. The van der Waals surface area contributed by atoms with E-state index < -0.39 is 11.9 Å². The molecule has 1 saturated carbocycles. The van der Waals surface area contributed by atoms with E-state index in [4.69, 9.17) is 9.84 Å². The number of hydrogen-bond donors (Lipinski definition) is 2. The lowest BCUT2D eigenvalue weighted by molar-refractivity contribution is -0.141. The summed E-state index contributed by atoms with van der Waals surface area (Å²) in [6, 6.07) is 7.44. The van der Waals surface area contributed by atoms with E-state index in [1.165, 1.54) is 0 Å². The maximum Gasteiger partial charge on any atom is 0.306 e. The highest BCUT2D eigenvalue weighted by Gasteiger charge is 2.43. The van der Waals surface area contributed by atoms with E-state index in [1.54, 1.807) is 6.92 Å². The number of carboxylic acid groups (broad SMARTS) is 1. The third-order valence-corrected chi connectivity index (χ3v) is 4.90. The molecule has 0 spiro atoms. The Morgan fingerprint density at radius 2 is 1.96 bits per heavy atom. The molecule has 1 atom stereocenters. The molecule has 1 aliphatic carbocycles. The first-order valence-corrected chi connectivity index (χ1v) is 8.68. The van der Waals surface area contributed by atoms with Crippen LogP contribution in [0.3, 0.4) is 0 Å². The van der Waals surface area contributed by atoms with Crippen molar-refractivity contribution in [2.24, 2.45) is 11.3 Å². The Labute approximate surface area is 143 Å². The number of benzene rings is 1. The van der Waals surface area contributed by atoms with Gasteiger partial charge in [0, 0.05) is 18.9 Å².